The van der Waals surface area contributed by atoms with E-state index in [-0.39, 0.29) is 0 Å². The van der Waals surface area contributed by atoms with Gasteiger partial charge in [-0.15, -0.1) is 0 Å². The highest BCUT2D eigenvalue weighted by atomic mass is 15.0. The summed E-state index contributed by atoms with van der Waals surface area (Å²) in [5, 5.41) is 7.45. The Morgan fingerprint density at radius 2 is 0.551 bits per heavy atom. The van der Waals surface area contributed by atoms with Gasteiger partial charge in [0.1, 0.15) is 0 Å². The molecule has 14 aromatic rings. The van der Waals surface area contributed by atoms with E-state index >= 15 is 0 Å². The van der Waals surface area contributed by atoms with Crippen molar-refractivity contribution in [3.8, 4) is 61.7 Å². The summed E-state index contributed by atoms with van der Waals surface area (Å²) in [5.41, 5.74) is 19.7. The Balaban J connectivity index is 0.844. The standard InChI is InChI=1S/C65H42N4/c1-5-28-60-53(23-1)54-24-2-6-29-61(54)67(60)50-20-13-17-45(39-50)47-32-35-65-58(41-47)56-26-4-8-31-63(56)69(65)52-22-14-18-46(40-52)48-33-34-64-57(42-48)55-25-3-7-30-62(55)68(64)51-21-12-16-44(38-51)43-15-11-19-49(37-43)59-27-9-10-36-66-59/h1-42H. The van der Waals surface area contributed by atoms with Crippen molar-refractivity contribution < 1.29 is 0 Å². The van der Waals surface area contributed by atoms with E-state index in [1.165, 1.54) is 87.7 Å². The van der Waals surface area contributed by atoms with Gasteiger partial charge in [-0.3, -0.25) is 4.98 Å². The van der Waals surface area contributed by atoms with E-state index in [0.29, 0.717) is 0 Å². The van der Waals surface area contributed by atoms with Crippen molar-refractivity contribution in [3.63, 3.8) is 0 Å². The summed E-state index contributed by atoms with van der Waals surface area (Å²) in [6.07, 6.45) is 1.85. The maximum absolute atomic E-state index is 4.61. The highest BCUT2D eigenvalue weighted by Gasteiger charge is 2.18. The van der Waals surface area contributed by atoms with Crippen molar-refractivity contribution in [1.29, 1.82) is 0 Å². The Hall–Kier alpha value is -9.25. The lowest BCUT2D eigenvalue weighted by molar-refractivity contribution is 1.18. The topological polar surface area (TPSA) is 27.7 Å². The molecular weight excluding hydrogens is 837 g/mol. The van der Waals surface area contributed by atoms with Crippen LogP contribution in [-0.2, 0) is 0 Å². The van der Waals surface area contributed by atoms with Crippen LogP contribution in [-0.4, -0.2) is 18.7 Å². The molecule has 4 heterocycles. The molecule has 0 aliphatic heterocycles. The van der Waals surface area contributed by atoms with Crippen LogP contribution in [0, 0.1) is 0 Å². The summed E-state index contributed by atoms with van der Waals surface area (Å²) < 4.78 is 7.23. The van der Waals surface area contributed by atoms with Crippen LogP contribution in [0.4, 0.5) is 0 Å². The van der Waals surface area contributed by atoms with E-state index in [9.17, 15) is 0 Å². The van der Waals surface area contributed by atoms with Crippen molar-refractivity contribution in [2.75, 3.05) is 0 Å². The fourth-order valence-electron chi connectivity index (χ4n) is 10.9. The number of aromatic nitrogens is 4. The van der Waals surface area contributed by atoms with Gasteiger partial charge in [-0.1, -0.05) is 146 Å². The van der Waals surface area contributed by atoms with Gasteiger partial charge in [0.25, 0.3) is 0 Å². The average Bonchev–Trinajstić information content (AvgIpc) is 4.07. The van der Waals surface area contributed by atoms with Gasteiger partial charge in [0, 0.05) is 61.1 Å². The van der Waals surface area contributed by atoms with Crippen LogP contribution in [0.25, 0.3) is 127 Å². The molecule has 0 radical (unpaired) electrons. The van der Waals surface area contributed by atoms with E-state index in [0.717, 1.165) is 39.4 Å². The smallest absolute Gasteiger partial charge is 0.0702 e. The van der Waals surface area contributed by atoms with Crippen LogP contribution < -0.4 is 0 Å². The van der Waals surface area contributed by atoms with Gasteiger partial charge in [-0.2, -0.15) is 0 Å². The number of fused-ring (bicyclic) bond motifs is 9. The second-order valence-corrected chi connectivity index (χ2v) is 18.0. The van der Waals surface area contributed by atoms with Crippen LogP contribution in [0.2, 0.25) is 0 Å². The van der Waals surface area contributed by atoms with Gasteiger partial charge >= 0.3 is 0 Å². The Morgan fingerprint density at radius 3 is 0.971 bits per heavy atom. The molecule has 0 saturated carbocycles. The predicted molar refractivity (Wildman–Crippen MR) is 289 cm³/mol. The summed E-state index contributed by atoms with van der Waals surface area (Å²) in [5.74, 6) is 0. The molecule has 0 spiro atoms. The highest BCUT2D eigenvalue weighted by molar-refractivity contribution is 6.12. The molecule has 10 aromatic carbocycles. The van der Waals surface area contributed by atoms with Crippen LogP contribution in [0.3, 0.4) is 0 Å². The molecule has 0 unspecified atom stereocenters. The second kappa shape index (κ2) is 15.7. The molecule has 4 heteroatoms. The molecule has 0 atom stereocenters. The van der Waals surface area contributed by atoms with E-state index in [4.69, 9.17) is 0 Å². The zero-order valence-electron chi connectivity index (χ0n) is 37.5. The lowest BCUT2D eigenvalue weighted by atomic mass is 10.0. The monoisotopic (exact) mass is 878 g/mol. The molecule has 4 aromatic heterocycles. The summed E-state index contributed by atoms with van der Waals surface area (Å²) in [6.45, 7) is 0. The second-order valence-electron chi connectivity index (χ2n) is 18.0. The Kier molecular flexibility index (Phi) is 8.86. The van der Waals surface area contributed by atoms with E-state index in [2.05, 4.69) is 255 Å². The highest BCUT2D eigenvalue weighted by Crippen LogP contribution is 2.40. The minimum absolute atomic E-state index is 0.970. The van der Waals surface area contributed by atoms with Crippen molar-refractivity contribution in [2.45, 2.75) is 0 Å². The number of nitrogens with zero attached hydrogens (tertiary/aromatic N) is 4. The fraction of sp³-hybridized carbons (Fsp3) is 0. The summed E-state index contributed by atoms with van der Waals surface area (Å²) >= 11 is 0. The third-order valence-electron chi connectivity index (χ3n) is 14.1. The average molecular weight is 879 g/mol. The molecule has 0 aliphatic rings. The van der Waals surface area contributed by atoms with Crippen LogP contribution >= 0.6 is 0 Å². The first-order chi connectivity index (χ1) is 34.2. The molecule has 14 rings (SSSR count). The first kappa shape index (κ1) is 39.0. The lowest BCUT2D eigenvalue weighted by Crippen LogP contribution is -1.95. The van der Waals surface area contributed by atoms with Crippen molar-refractivity contribution >= 4 is 65.4 Å². The molecule has 0 saturated heterocycles. The van der Waals surface area contributed by atoms with Crippen molar-refractivity contribution in [3.05, 3.63) is 255 Å². The molecule has 0 fully saturated rings. The molecule has 322 valence electrons. The molecule has 4 nitrogen and oxygen atoms in total. The Bertz CT molecular complexity index is 4270. The van der Waals surface area contributed by atoms with E-state index in [1.807, 2.05) is 18.3 Å². The zero-order valence-corrected chi connectivity index (χ0v) is 37.5. The quantitative estimate of drug-likeness (QED) is 0.157. The first-order valence-electron chi connectivity index (χ1n) is 23.6. The first-order valence-corrected chi connectivity index (χ1v) is 23.6. The maximum atomic E-state index is 4.61. The van der Waals surface area contributed by atoms with Gasteiger partial charge in [0.05, 0.1) is 38.8 Å². The minimum Gasteiger partial charge on any atom is -0.309 e. The third-order valence-corrected chi connectivity index (χ3v) is 14.1. The summed E-state index contributed by atoms with van der Waals surface area (Å²) in [6, 6.07) is 90.5. The van der Waals surface area contributed by atoms with Crippen LogP contribution in [0.1, 0.15) is 0 Å². The summed E-state index contributed by atoms with van der Waals surface area (Å²) in [4.78, 5) is 4.61. The number of hydrogen-bond donors (Lipinski definition) is 0. The number of para-hydroxylation sites is 4. The number of rotatable bonds is 7. The minimum atomic E-state index is 0.970. The van der Waals surface area contributed by atoms with Gasteiger partial charge in [-0.05, 0) is 137 Å². The van der Waals surface area contributed by atoms with Crippen molar-refractivity contribution in [2.24, 2.45) is 0 Å². The fourth-order valence-corrected chi connectivity index (χ4v) is 10.9. The Morgan fingerprint density at radius 1 is 0.217 bits per heavy atom. The lowest BCUT2D eigenvalue weighted by Gasteiger charge is -2.12. The van der Waals surface area contributed by atoms with Crippen molar-refractivity contribution in [1.82, 2.24) is 18.7 Å². The van der Waals surface area contributed by atoms with Gasteiger partial charge < -0.3 is 13.7 Å². The maximum Gasteiger partial charge on any atom is 0.0702 e. The number of pyridine rings is 1. The zero-order chi connectivity index (χ0) is 45.4. The molecule has 69 heavy (non-hydrogen) atoms. The molecular formula is C65H42N4. The van der Waals surface area contributed by atoms with Gasteiger partial charge in [-0.25, -0.2) is 0 Å². The molecule has 0 N–H and O–H groups in total. The SMILES string of the molecule is c1ccc(-c2cccc(-c3cccc(-n4c5ccccc5c5cc(-c6cccc(-n7c8ccccc8c8cc(-c9cccc(-n%10c%11ccccc%11c%11ccccc%11%10)c9)ccc87)c6)ccc54)c3)c2)nc1. The normalized spacial score (nSPS) is 11.8. The van der Waals surface area contributed by atoms with Gasteiger partial charge in [0.15, 0.2) is 0 Å². The molecule has 0 bridgehead atoms. The van der Waals surface area contributed by atoms with Crippen LogP contribution in [0.15, 0.2) is 255 Å². The van der Waals surface area contributed by atoms with E-state index < -0.39 is 0 Å². The summed E-state index contributed by atoms with van der Waals surface area (Å²) in [7, 11) is 0. The third kappa shape index (κ3) is 6.34. The van der Waals surface area contributed by atoms with Crippen LogP contribution in [0.5, 0.6) is 0 Å². The van der Waals surface area contributed by atoms with Gasteiger partial charge in [0.2, 0.25) is 0 Å². The number of hydrogen-bond acceptors (Lipinski definition) is 1. The Labute approximate surface area is 398 Å². The molecule has 0 aliphatic carbocycles. The number of benzene rings is 10. The molecule has 0 amide bonds. The largest absolute Gasteiger partial charge is 0.309 e. The predicted octanol–water partition coefficient (Wildman–Crippen LogP) is 17.0. The van der Waals surface area contributed by atoms with E-state index in [1.54, 1.807) is 0 Å².